The topological polar surface area (TPSA) is 74.8 Å². The van der Waals surface area contributed by atoms with Crippen molar-refractivity contribution < 1.29 is 4.79 Å². The summed E-state index contributed by atoms with van der Waals surface area (Å²) in [7, 11) is 0. The molecule has 5 nitrogen and oxygen atoms in total. The highest BCUT2D eigenvalue weighted by atomic mass is 16.2. The zero-order valence-corrected chi connectivity index (χ0v) is 8.31. The summed E-state index contributed by atoms with van der Waals surface area (Å²) in [5.41, 5.74) is 0.656. The zero-order chi connectivity index (χ0) is 11.4. The molecule has 5 heteroatoms. The molecule has 16 heavy (non-hydrogen) atoms. The summed E-state index contributed by atoms with van der Waals surface area (Å²) in [6.45, 7) is 0. The molecule has 0 aliphatic rings. The van der Waals surface area contributed by atoms with Crippen molar-refractivity contribution in [2.45, 2.75) is 0 Å². The highest BCUT2D eigenvalue weighted by Gasteiger charge is 2.05. The molecule has 2 N–H and O–H groups in total. The molecular weight excluding hydrogens is 206 g/mol. The standard InChI is InChI=1S/C11H9N3O2/c15-10-7-8(1-6-13-10)11(16)14-9-2-4-12-5-3-9/h1-7H,(H,13,15)(H,12,14,16). The van der Waals surface area contributed by atoms with Crippen LogP contribution in [0.5, 0.6) is 0 Å². The summed E-state index contributed by atoms with van der Waals surface area (Å²) >= 11 is 0. The molecule has 0 unspecified atom stereocenters. The maximum absolute atomic E-state index is 11.7. The molecule has 80 valence electrons. The molecule has 0 aromatic carbocycles. The predicted octanol–water partition coefficient (Wildman–Crippen LogP) is 1.02. The van der Waals surface area contributed by atoms with Gasteiger partial charge >= 0.3 is 0 Å². The van der Waals surface area contributed by atoms with E-state index in [1.165, 1.54) is 18.3 Å². The second-order valence-corrected chi connectivity index (χ2v) is 3.13. The van der Waals surface area contributed by atoms with Crippen LogP contribution in [-0.2, 0) is 0 Å². The van der Waals surface area contributed by atoms with Gasteiger partial charge in [0.25, 0.3) is 5.91 Å². The number of hydrogen-bond donors (Lipinski definition) is 2. The zero-order valence-electron chi connectivity index (χ0n) is 8.31. The second kappa shape index (κ2) is 4.39. The first-order chi connectivity index (χ1) is 7.75. The number of hydrogen-bond acceptors (Lipinski definition) is 3. The number of nitrogens with zero attached hydrogens (tertiary/aromatic N) is 1. The van der Waals surface area contributed by atoms with Gasteiger partial charge in [0.05, 0.1) is 0 Å². The van der Waals surface area contributed by atoms with Crippen LogP contribution in [-0.4, -0.2) is 15.9 Å². The highest BCUT2D eigenvalue weighted by Crippen LogP contribution is 2.05. The van der Waals surface area contributed by atoms with Crippen LogP contribution in [0.3, 0.4) is 0 Å². The first-order valence-corrected chi connectivity index (χ1v) is 4.66. The van der Waals surface area contributed by atoms with Gasteiger partial charge in [-0.1, -0.05) is 0 Å². The van der Waals surface area contributed by atoms with Crippen LogP contribution < -0.4 is 10.9 Å². The lowest BCUT2D eigenvalue weighted by molar-refractivity contribution is 0.102. The minimum Gasteiger partial charge on any atom is -0.329 e. The van der Waals surface area contributed by atoms with Crippen molar-refractivity contribution in [1.29, 1.82) is 0 Å². The summed E-state index contributed by atoms with van der Waals surface area (Å²) in [5.74, 6) is -0.322. The maximum Gasteiger partial charge on any atom is 0.255 e. The van der Waals surface area contributed by atoms with Crippen LogP contribution >= 0.6 is 0 Å². The number of rotatable bonds is 2. The average Bonchev–Trinajstić information content (AvgIpc) is 2.30. The van der Waals surface area contributed by atoms with Crippen molar-refractivity contribution in [2.75, 3.05) is 5.32 Å². The number of H-pyrrole nitrogens is 1. The summed E-state index contributed by atoms with van der Waals surface area (Å²) in [4.78, 5) is 29.0. The number of anilines is 1. The van der Waals surface area contributed by atoms with Crippen LogP contribution in [0, 0.1) is 0 Å². The van der Waals surface area contributed by atoms with E-state index in [1.807, 2.05) is 0 Å². The molecule has 2 heterocycles. The molecule has 2 aromatic rings. The van der Waals surface area contributed by atoms with Gasteiger partial charge in [0.1, 0.15) is 0 Å². The Morgan fingerprint density at radius 3 is 2.69 bits per heavy atom. The molecule has 0 aliphatic heterocycles. The van der Waals surface area contributed by atoms with Crippen LogP contribution in [0.25, 0.3) is 0 Å². The monoisotopic (exact) mass is 215 g/mol. The van der Waals surface area contributed by atoms with Gasteiger partial charge < -0.3 is 10.3 Å². The Kier molecular flexibility index (Phi) is 2.77. The molecule has 1 amide bonds. The van der Waals surface area contributed by atoms with Crippen molar-refractivity contribution >= 4 is 11.6 Å². The van der Waals surface area contributed by atoms with E-state index in [-0.39, 0.29) is 11.5 Å². The van der Waals surface area contributed by atoms with Crippen molar-refractivity contribution in [3.8, 4) is 0 Å². The maximum atomic E-state index is 11.7. The Balaban J connectivity index is 2.18. The summed E-state index contributed by atoms with van der Waals surface area (Å²) in [5, 5.41) is 2.65. The van der Waals surface area contributed by atoms with Crippen molar-refractivity contribution in [2.24, 2.45) is 0 Å². The fraction of sp³-hybridized carbons (Fsp3) is 0. The molecule has 0 spiro atoms. The second-order valence-electron chi connectivity index (χ2n) is 3.13. The smallest absolute Gasteiger partial charge is 0.255 e. The van der Waals surface area contributed by atoms with E-state index in [2.05, 4.69) is 15.3 Å². The molecule has 0 saturated heterocycles. The molecule has 0 aliphatic carbocycles. The number of aromatic amines is 1. The van der Waals surface area contributed by atoms with Gasteiger partial charge in [0, 0.05) is 35.9 Å². The third-order valence-electron chi connectivity index (χ3n) is 1.98. The van der Waals surface area contributed by atoms with Crippen molar-refractivity contribution in [3.63, 3.8) is 0 Å². The predicted molar refractivity (Wildman–Crippen MR) is 59.3 cm³/mol. The van der Waals surface area contributed by atoms with E-state index in [1.54, 1.807) is 24.5 Å². The van der Waals surface area contributed by atoms with Gasteiger partial charge in [-0.15, -0.1) is 0 Å². The normalized spacial score (nSPS) is 9.75. The number of carbonyl (C=O) groups excluding carboxylic acids is 1. The van der Waals surface area contributed by atoms with Crippen LogP contribution in [0.2, 0.25) is 0 Å². The Morgan fingerprint density at radius 1 is 1.25 bits per heavy atom. The highest BCUT2D eigenvalue weighted by molar-refractivity contribution is 6.04. The lowest BCUT2D eigenvalue weighted by atomic mass is 10.2. The van der Waals surface area contributed by atoms with Gasteiger partial charge in [0.15, 0.2) is 0 Å². The molecule has 2 aromatic heterocycles. The lowest BCUT2D eigenvalue weighted by Gasteiger charge is -2.03. The van der Waals surface area contributed by atoms with E-state index in [0.29, 0.717) is 11.3 Å². The third-order valence-corrected chi connectivity index (χ3v) is 1.98. The average molecular weight is 215 g/mol. The molecular formula is C11H9N3O2. The number of nitrogens with one attached hydrogen (secondary N) is 2. The van der Waals surface area contributed by atoms with E-state index in [4.69, 9.17) is 0 Å². The molecule has 2 rings (SSSR count). The Morgan fingerprint density at radius 2 is 2.00 bits per heavy atom. The van der Waals surface area contributed by atoms with Crippen LogP contribution in [0.15, 0.2) is 47.7 Å². The van der Waals surface area contributed by atoms with E-state index >= 15 is 0 Å². The fourth-order valence-electron chi connectivity index (χ4n) is 1.22. The van der Waals surface area contributed by atoms with Gasteiger partial charge in [-0.2, -0.15) is 0 Å². The Hall–Kier alpha value is -2.43. The summed E-state index contributed by atoms with van der Waals surface area (Å²) < 4.78 is 0. The quantitative estimate of drug-likeness (QED) is 0.785. The number of pyridine rings is 2. The van der Waals surface area contributed by atoms with Gasteiger partial charge in [0.2, 0.25) is 5.56 Å². The number of amides is 1. The Bertz CT molecular complexity index is 548. The third kappa shape index (κ3) is 2.33. The van der Waals surface area contributed by atoms with E-state index in [9.17, 15) is 9.59 Å². The SMILES string of the molecule is O=C(Nc1ccncc1)c1cc[nH]c(=O)c1. The minimum absolute atomic E-state index is 0.303. The van der Waals surface area contributed by atoms with Gasteiger partial charge in [-0.3, -0.25) is 14.6 Å². The van der Waals surface area contributed by atoms with Crippen molar-refractivity contribution in [3.05, 3.63) is 58.8 Å². The number of aromatic nitrogens is 2. The number of carbonyl (C=O) groups is 1. The van der Waals surface area contributed by atoms with Gasteiger partial charge in [-0.25, -0.2) is 0 Å². The van der Waals surface area contributed by atoms with Crippen LogP contribution in [0.1, 0.15) is 10.4 Å². The van der Waals surface area contributed by atoms with Crippen LogP contribution in [0.4, 0.5) is 5.69 Å². The summed E-state index contributed by atoms with van der Waals surface area (Å²) in [6, 6.07) is 6.13. The van der Waals surface area contributed by atoms with E-state index in [0.717, 1.165) is 0 Å². The lowest BCUT2D eigenvalue weighted by Crippen LogP contribution is -2.15. The first kappa shape index (κ1) is 10.1. The molecule has 0 radical (unpaired) electrons. The largest absolute Gasteiger partial charge is 0.329 e. The van der Waals surface area contributed by atoms with Crippen molar-refractivity contribution in [1.82, 2.24) is 9.97 Å². The Labute approximate surface area is 91.2 Å². The molecule has 0 saturated carbocycles. The van der Waals surface area contributed by atoms with Gasteiger partial charge in [-0.05, 0) is 18.2 Å². The minimum atomic E-state index is -0.322. The molecule has 0 atom stereocenters. The molecule has 0 bridgehead atoms. The summed E-state index contributed by atoms with van der Waals surface area (Å²) in [6.07, 6.45) is 4.59. The fourth-order valence-corrected chi connectivity index (χ4v) is 1.22. The van der Waals surface area contributed by atoms with E-state index < -0.39 is 0 Å². The molecule has 0 fully saturated rings. The first-order valence-electron chi connectivity index (χ1n) is 4.66.